The lowest BCUT2D eigenvalue weighted by Gasteiger charge is -2.25. The minimum absolute atomic E-state index is 0.0158. The molecule has 0 radical (unpaired) electrons. The molecule has 1 aliphatic heterocycles. The smallest absolute Gasteiger partial charge is 0.221 e. The number of carbonyl (C=O) groups is 2. The van der Waals surface area contributed by atoms with E-state index in [9.17, 15) is 9.59 Å². The summed E-state index contributed by atoms with van der Waals surface area (Å²) < 4.78 is 7.00. The zero-order chi connectivity index (χ0) is 18.9. The maximum absolute atomic E-state index is 12.2. The van der Waals surface area contributed by atoms with Crippen molar-refractivity contribution in [2.24, 2.45) is 0 Å². The average Bonchev–Trinajstić information content (AvgIpc) is 3.18. The van der Waals surface area contributed by atoms with E-state index in [1.165, 1.54) is 6.92 Å². The van der Waals surface area contributed by atoms with Crippen LogP contribution in [0.25, 0.3) is 0 Å². The van der Waals surface area contributed by atoms with Crippen molar-refractivity contribution in [3.63, 3.8) is 0 Å². The van der Waals surface area contributed by atoms with Gasteiger partial charge in [0.05, 0.1) is 6.61 Å². The van der Waals surface area contributed by atoms with Crippen LogP contribution in [0, 0.1) is 0 Å². The molecule has 2 N–H and O–H groups in total. The topological polar surface area (TPSA) is 101 Å². The molecule has 2 heterocycles. The number of carbonyl (C=O) groups excluding carboxylic acids is 2. The molecular weight excluding hydrogens is 336 g/mol. The molecule has 2 rings (SSSR count). The highest BCUT2D eigenvalue weighted by molar-refractivity contribution is 5.76. The Morgan fingerprint density at radius 3 is 2.81 bits per heavy atom. The van der Waals surface area contributed by atoms with Gasteiger partial charge in [0.15, 0.2) is 0 Å². The van der Waals surface area contributed by atoms with E-state index in [1.54, 1.807) is 13.4 Å². The molecule has 1 aromatic heterocycles. The van der Waals surface area contributed by atoms with E-state index >= 15 is 0 Å². The summed E-state index contributed by atoms with van der Waals surface area (Å²) in [5.41, 5.74) is 0. The number of likely N-dealkylation sites (tertiary alicyclic amines) is 1. The van der Waals surface area contributed by atoms with Crippen LogP contribution in [0.2, 0.25) is 0 Å². The number of hydrogen-bond donors (Lipinski definition) is 2. The van der Waals surface area contributed by atoms with Crippen molar-refractivity contribution in [3.8, 4) is 0 Å². The Kier molecular flexibility index (Phi) is 7.99. The van der Waals surface area contributed by atoms with Crippen LogP contribution in [0.15, 0.2) is 6.33 Å². The Morgan fingerprint density at radius 2 is 2.08 bits per heavy atom. The normalized spacial score (nSPS) is 20.3. The van der Waals surface area contributed by atoms with Crippen molar-refractivity contribution < 1.29 is 14.3 Å². The number of likely N-dealkylation sites (N-methyl/N-ethyl adjacent to an activating group) is 1. The van der Waals surface area contributed by atoms with Crippen LogP contribution < -0.4 is 10.6 Å². The third-order valence-corrected chi connectivity index (χ3v) is 4.90. The number of nitrogens with zero attached hydrogens (tertiary/aromatic N) is 4. The third-order valence-electron chi connectivity index (χ3n) is 4.90. The molecule has 0 spiro atoms. The molecule has 2 amide bonds. The second-order valence-corrected chi connectivity index (χ2v) is 6.72. The number of ether oxygens (including phenoxy) is 1. The van der Waals surface area contributed by atoms with Gasteiger partial charge in [-0.15, -0.1) is 10.2 Å². The van der Waals surface area contributed by atoms with E-state index in [0.29, 0.717) is 45.1 Å². The first-order valence-electron chi connectivity index (χ1n) is 9.10. The van der Waals surface area contributed by atoms with Gasteiger partial charge in [-0.05, 0) is 19.9 Å². The van der Waals surface area contributed by atoms with Gasteiger partial charge in [0.1, 0.15) is 12.2 Å². The van der Waals surface area contributed by atoms with E-state index in [0.717, 1.165) is 18.7 Å². The van der Waals surface area contributed by atoms with E-state index in [2.05, 4.69) is 25.7 Å². The van der Waals surface area contributed by atoms with E-state index in [4.69, 9.17) is 4.74 Å². The number of nitrogens with one attached hydrogen (secondary N) is 2. The minimum atomic E-state index is -0.0158. The molecule has 26 heavy (non-hydrogen) atoms. The Labute approximate surface area is 154 Å². The summed E-state index contributed by atoms with van der Waals surface area (Å²) in [6.07, 6.45) is 4.76. The number of amides is 2. The lowest BCUT2D eigenvalue weighted by Crippen LogP contribution is -2.42. The van der Waals surface area contributed by atoms with Gasteiger partial charge in [0, 0.05) is 58.6 Å². The lowest BCUT2D eigenvalue weighted by molar-refractivity contribution is -0.122. The SMILES string of the molecule is COCCn1cnnc1CCNC(=O)C[C@@H]1CC[C@H](CNC(C)=O)N1C. The summed E-state index contributed by atoms with van der Waals surface area (Å²) in [4.78, 5) is 25.5. The van der Waals surface area contributed by atoms with Crippen molar-refractivity contribution in [2.45, 2.75) is 51.2 Å². The van der Waals surface area contributed by atoms with Gasteiger partial charge < -0.3 is 19.9 Å². The Bertz CT molecular complexity index is 591. The highest BCUT2D eigenvalue weighted by Crippen LogP contribution is 2.24. The standard InChI is InChI=1S/C17H30N6O3/c1-13(24)19-11-15-5-4-14(22(15)2)10-17(25)18-7-6-16-21-20-12-23(16)8-9-26-3/h12,14-15H,4-11H2,1-3H3,(H,18,25)(H,19,24)/t14-,15+/m0/s1. The molecule has 0 unspecified atom stereocenters. The third kappa shape index (κ3) is 6.06. The van der Waals surface area contributed by atoms with Gasteiger partial charge >= 0.3 is 0 Å². The molecule has 146 valence electrons. The molecule has 1 aliphatic rings. The first kappa shape index (κ1) is 20.3. The summed E-state index contributed by atoms with van der Waals surface area (Å²) in [5, 5.41) is 13.8. The zero-order valence-corrected chi connectivity index (χ0v) is 15.9. The fraction of sp³-hybridized carbons (Fsp3) is 0.765. The average molecular weight is 366 g/mol. The van der Waals surface area contributed by atoms with Gasteiger partial charge in [0.25, 0.3) is 0 Å². The molecule has 9 nitrogen and oxygen atoms in total. The molecule has 0 bridgehead atoms. The first-order chi connectivity index (χ1) is 12.5. The van der Waals surface area contributed by atoms with E-state index < -0.39 is 0 Å². The van der Waals surface area contributed by atoms with Crippen LogP contribution in [-0.4, -0.2) is 77.4 Å². The maximum Gasteiger partial charge on any atom is 0.221 e. The summed E-state index contributed by atoms with van der Waals surface area (Å²) in [6.45, 7) is 4.01. The number of aromatic nitrogens is 3. The summed E-state index contributed by atoms with van der Waals surface area (Å²) in [5.74, 6) is 0.874. The van der Waals surface area contributed by atoms with Crippen LogP contribution in [-0.2, 0) is 27.3 Å². The first-order valence-corrected chi connectivity index (χ1v) is 9.10. The summed E-state index contributed by atoms with van der Waals surface area (Å²) in [7, 11) is 3.68. The van der Waals surface area contributed by atoms with Gasteiger partial charge in [-0.3, -0.25) is 14.5 Å². The molecule has 0 aliphatic carbocycles. The van der Waals surface area contributed by atoms with E-state index in [1.807, 2.05) is 11.6 Å². The zero-order valence-electron chi connectivity index (χ0n) is 15.9. The van der Waals surface area contributed by atoms with Crippen LogP contribution in [0.3, 0.4) is 0 Å². The van der Waals surface area contributed by atoms with E-state index in [-0.39, 0.29) is 17.9 Å². The van der Waals surface area contributed by atoms with Crippen LogP contribution in [0.1, 0.15) is 32.0 Å². The molecule has 0 saturated carbocycles. The molecule has 1 saturated heterocycles. The van der Waals surface area contributed by atoms with Crippen molar-refractivity contribution in [2.75, 3.05) is 33.9 Å². The Balaban J connectivity index is 1.69. The fourth-order valence-electron chi connectivity index (χ4n) is 3.29. The van der Waals surface area contributed by atoms with Crippen LogP contribution in [0.4, 0.5) is 0 Å². The molecule has 1 fully saturated rings. The molecule has 0 aromatic carbocycles. The Hall–Kier alpha value is -2.00. The lowest BCUT2D eigenvalue weighted by atomic mass is 10.1. The van der Waals surface area contributed by atoms with Crippen LogP contribution >= 0.6 is 0 Å². The maximum atomic E-state index is 12.2. The molecule has 1 aromatic rings. The molecule has 9 heteroatoms. The minimum Gasteiger partial charge on any atom is -0.383 e. The highest BCUT2D eigenvalue weighted by atomic mass is 16.5. The highest BCUT2D eigenvalue weighted by Gasteiger charge is 2.31. The van der Waals surface area contributed by atoms with Gasteiger partial charge in [-0.25, -0.2) is 0 Å². The van der Waals surface area contributed by atoms with Gasteiger partial charge in [0.2, 0.25) is 11.8 Å². The number of rotatable bonds is 10. The summed E-state index contributed by atoms with van der Waals surface area (Å²) >= 11 is 0. The van der Waals surface area contributed by atoms with Crippen molar-refractivity contribution in [1.82, 2.24) is 30.3 Å². The number of hydrogen-bond acceptors (Lipinski definition) is 6. The van der Waals surface area contributed by atoms with Gasteiger partial charge in [-0.2, -0.15) is 0 Å². The molecular formula is C17H30N6O3. The van der Waals surface area contributed by atoms with Crippen molar-refractivity contribution in [1.29, 1.82) is 0 Å². The van der Waals surface area contributed by atoms with Crippen molar-refractivity contribution >= 4 is 11.8 Å². The molecule has 2 atom stereocenters. The second kappa shape index (κ2) is 10.2. The summed E-state index contributed by atoms with van der Waals surface area (Å²) in [6, 6.07) is 0.523. The predicted octanol–water partition coefficient (Wildman–Crippen LogP) is -0.428. The monoisotopic (exact) mass is 366 g/mol. The quantitative estimate of drug-likeness (QED) is 0.583. The number of methoxy groups -OCH3 is 1. The second-order valence-electron chi connectivity index (χ2n) is 6.72. The largest absolute Gasteiger partial charge is 0.383 e. The van der Waals surface area contributed by atoms with Gasteiger partial charge in [-0.1, -0.05) is 0 Å². The fourth-order valence-corrected chi connectivity index (χ4v) is 3.29. The predicted molar refractivity (Wildman–Crippen MR) is 96.5 cm³/mol. The van der Waals surface area contributed by atoms with Crippen molar-refractivity contribution in [3.05, 3.63) is 12.2 Å². The van der Waals surface area contributed by atoms with Crippen LogP contribution in [0.5, 0.6) is 0 Å². The Morgan fingerprint density at radius 1 is 1.31 bits per heavy atom.